The highest BCUT2D eigenvalue weighted by molar-refractivity contribution is 7.89. The van der Waals surface area contributed by atoms with Crippen molar-refractivity contribution in [2.75, 3.05) is 26.7 Å². The molecule has 0 aromatic heterocycles. The topological polar surface area (TPSA) is 75.7 Å². The van der Waals surface area contributed by atoms with Crippen molar-refractivity contribution in [2.24, 2.45) is 0 Å². The molecule has 8 heteroatoms. The van der Waals surface area contributed by atoms with E-state index in [9.17, 15) is 13.2 Å². The van der Waals surface area contributed by atoms with Crippen LogP contribution in [-0.4, -0.2) is 45.4 Å². The predicted octanol–water partition coefficient (Wildman–Crippen LogP) is 3.80. The molecule has 6 nitrogen and oxygen atoms in total. The van der Waals surface area contributed by atoms with E-state index in [1.54, 1.807) is 13.2 Å². The Labute approximate surface area is 183 Å². The van der Waals surface area contributed by atoms with Crippen LogP contribution in [0.25, 0.3) is 0 Å². The number of methoxy groups -OCH3 is 1. The number of rotatable bonds is 7. The Kier molecular flexibility index (Phi) is 7.39. The monoisotopic (exact) mass is 450 g/mol. The second-order valence-electron chi connectivity index (χ2n) is 7.43. The lowest BCUT2D eigenvalue weighted by atomic mass is 10.1. The van der Waals surface area contributed by atoms with Gasteiger partial charge in [-0.2, -0.15) is 4.31 Å². The third-order valence-electron chi connectivity index (χ3n) is 5.24. The van der Waals surface area contributed by atoms with Gasteiger partial charge in [0.25, 0.3) is 5.91 Å². The Morgan fingerprint density at radius 3 is 2.57 bits per heavy atom. The average Bonchev–Trinajstić information content (AvgIpc) is 2.74. The molecule has 0 saturated carbocycles. The molecule has 1 aliphatic heterocycles. The van der Waals surface area contributed by atoms with Crippen molar-refractivity contribution >= 4 is 27.5 Å². The van der Waals surface area contributed by atoms with Crippen LogP contribution in [0, 0.1) is 6.92 Å². The lowest BCUT2D eigenvalue weighted by molar-refractivity contribution is 0.0954. The summed E-state index contributed by atoms with van der Waals surface area (Å²) in [6, 6.07) is 10.3. The molecule has 1 saturated heterocycles. The number of halogens is 1. The number of nitrogens with one attached hydrogen (secondary N) is 1. The highest BCUT2D eigenvalue weighted by Crippen LogP contribution is 2.28. The van der Waals surface area contributed by atoms with E-state index in [4.69, 9.17) is 16.3 Å². The molecule has 2 aromatic rings. The van der Waals surface area contributed by atoms with Crippen LogP contribution < -0.4 is 10.1 Å². The third-order valence-corrected chi connectivity index (χ3v) is 7.62. The first-order valence-electron chi connectivity index (χ1n) is 10.0. The van der Waals surface area contributed by atoms with Crippen LogP contribution in [0.4, 0.5) is 0 Å². The van der Waals surface area contributed by atoms with Gasteiger partial charge in [-0.15, -0.1) is 0 Å². The van der Waals surface area contributed by atoms with E-state index < -0.39 is 10.0 Å². The van der Waals surface area contributed by atoms with E-state index in [0.717, 1.165) is 36.1 Å². The molecule has 0 aliphatic carbocycles. The van der Waals surface area contributed by atoms with E-state index in [2.05, 4.69) is 5.32 Å². The maximum atomic E-state index is 13.0. The summed E-state index contributed by atoms with van der Waals surface area (Å²) >= 11 is 6.19. The second-order valence-corrected chi connectivity index (χ2v) is 9.74. The minimum atomic E-state index is -3.72. The maximum absolute atomic E-state index is 13.0. The fourth-order valence-corrected chi connectivity index (χ4v) is 5.62. The SMILES string of the molecule is COc1ccc(C)cc1CCNC(=O)c1ccc(Cl)c(S(=O)(=O)N2CCCCC2)c1. The summed E-state index contributed by atoms with van der Waals surface area (Å²) in [5.41, 5.74) is 2.39. The van der Waals surface area contributed by atoms with Gasteiger partial charge in [-0.25, -0.2) is 8.42 Å². The normalized spacial score (nSPS) is 15.0. The number of carbonyl (C=O) groups is 1. The molecular weight excluding hydrogens is 424 g/mol. The van der Waals surface area contributed by atoms with Gasteiger partial charge in [-0.05, 0) is 56.0 Å². The zero-order valence-corrected chi connectivity index (χ0v) is 18.9. The van der Waals surface area contributed by atoms with Gasteiger partial charge in [-0.1, -0.05) is 35.7 Å². The van der Waals surface area contributed by atoms with Crippen molar-refractivity contribution in [2.45, 2.75) is 37.5 Å². The lowest BCUT2D eigenvalue weighted by Crippen LogP contribution is -2.36. The van der Waals surface area contributed by atoms with Gasteiger partial charge in [0.15, 0.2) is 0 Å². The highest BCUT2D eigenvalue weighted by atomic mass is 35.5. The van der Waals surface area contributed by atoms with Gasteiger partial charge in [0, 0.05) is 25.2 Å². The fraction of sp³-hybridized carbons (Fsp3) is 0.409. The molecule has 3 rings (SSSR count). The van der Waals surface area contributed by atoms with Crippen LogP contribution >= 0.6 is 11.6 Å². The van der Waals surface area contributed by atoms with Crippen molar-refractivity contribution in [3.05, 3.63) is 58.1 Å². The zero-order valence-electron chi connectivity index (χ0n) is 17.3. The van der Waals surface area contributed by atoms with Gasteiger partial charge in [0.05, 0.1) is 12.1 Å². The number of ether oxygens (including phenoxy) is 1. The predicted molar refractivity (Wildman–Crippen MR) is 118 cm³/mol. The quantitative estimate of drug-likeness (QED) is 0.696. The summed E-state index contributed by atoms with van der Waals surface area (Å²) in [6.07, 6.45) is 3.29. The first-order valence-corrected chi connectivity index (χ1v) is 11.9. The average molecular weight is 451 g/mol. The smallest absolute Gasteiger partial charge is 0.251 e. The van der Waals surface area contributed by atoms with Crippen LogP contribution in [0.3, 0.4) is 0 Å². The number of hydrogen-bond donors (Lipinski definition) is 1. The largest absolute Gasteiger partial charge is 0.496 e. The molecule has 0 bridgehead atoms. The summed E-state index contributed by atoms with van der Waals surface area (Å²) in [5, 5.41) is 2.98. The number of nitrogens with zero attached hydrogens (tertiary/aromatic N) is 1. The second kappa shape index (κ2) is 9.81. The number of carbonyl (C=O) groups excluding carboxylic acids is 1. The molecule has 30 heavy (non-hydrogen) atoms. The molecule has 1 fully saturated rings. The van der Waals surface area contributed by atoms with Crippen molar-refractivity contribution in [1.29, 1.82) is 0 Å². The van der Waals surface area contributed by atoms with Gasteiger partial charge in [0.2, 0.25) is 10.0 Å². The molecule has 162 valence electrons. The molecule has 1 amide bonds. The first-order chi connectivity index (χ1) is 14.3. The van der Waals surface area contributed by atoms with Crippen LogP contribution in [0.1, 0.15) is 40.7 Å². The van der Waals surface area contributed by atoms with E-state index >= 15 is 0 Å². The Hall–Kier alpha value is -2.09. The molecule has 1 N–H and O–H groups in total. The third kappa shape index (κ3) is 5.14. The number of amides is 1. The Balaban J connectivity index is 1.71. The van der Waals surface area contributed by atoms with Gasteiger partial charge in [-0.3, -0.25) is 4.79 Å². The molecule has 1 heterocycles. The number of benzene rings is 2. The van der Waals surface area contributed by atoms with Gasteiger partial charge < -0.3 is 10.1 Å². The number of sulfonamides is 1. The van der Waals surface area contributed by atoms with E-state index in [1.807, 2.05) is 25.1 Å². The standard InChI is InChI=1S/C22H27ClN2O4S/c1-16-6-9-20(29-2)17(14-16)10-11-24-22(26)18-7-8-19(23)21(15-18)30(27,28)25-12-4-3-5-13-25/h6-9,14-15H,3-5,10-13H2,1-2H3,(H,24,26). The van der Waals surface area contributed by atoms with Crippen LogP contribution in [-0.2, 0) is 16.4 Å². The van der Waals surface area contributed by atoms with Crippen LogP contribution in [0.15, 0.2) is 41.3 Å². The maximum Gasteiger partial charge on any atom is 0.251 e. The summed E-state index contributed by atoms with van der Waals surface area (Å²) in [7, 11) is -2.11. The minimum absolute atomic E-state index is 0.0147. The van der Waals surface area contributed by atoms with Gasteiger partial charge >= 0.3 is 0 Å². The van der Waals surface area contributed by atoms with Gasteiger partial charge in [0.1, 0.15) is 10.6 Å². The Morgan fingerprint density at radius 1 is 1.13 bits per heavy atom. The molecule has 0 radical (unpaired) electrons. The molecule has 0 atom stereocenters. The molecule has 1 aliphatic rings. The first kappa shape index (κ1) is 22.6. The molecule has 0 spiro atoms. The summed E-state index contributed by atoms with van der Waals surface area (Å²) in [4.78, 5) is 12.6. The molecule has 2 aromatic carbocycles. The zero-order chi connectivity index (χ0) is 21.7. The lowest BCUT2D eigenvalue weighted by Gasteiger charge is -2.26. The van der Waals surface area contributed by atoms with E-state index in [0.29, 0.717) is 26.1 Å². The number of piperidine rings is 1. The summed E-state index contributed by atoms with van der Waals surface area (Å²) in [6.45, 7) is 3.36. The summed E-state index contributed by atoms with van der Waals surface area (Å²) < 4.78 is 32.8. The van der Waals surface area contributed by atoms with Crippen molar-refractivity contribution in [1.82, 2.24) is 9.62 Å². The number of aryl methyl sites for hydroxylation is 1. The number of hydrogen-bond acceptors (Lipinski definition) is 4. The van der Waals surface area contributed by atoms with Crippen molar-refractivity contribution < 1.29 is 17.9 Å². The van der Waals surface area contributed by atoms with E-state index in [-0.39, 0.29) is 21.4 Å². The van der Waals surface area contributed by atoms with E-state index in [1.165, 1.54) is 16.4 Å². The van der Waals surface area contributed by atoms with Crippen LogP contribution in [0.2, 0.25) is 5.02 Å². The van der Waals surface area contributed by atoms with Crippen molar-refractivity contribution in [3.63, 3.8) is 0 Å². The Morgan fingerprint density at radius 2 is 1.87 bits per heavy atom. The summed E-state index contributed by atoms with van der Waals surface area (Å²) in [5.74, 6) is 0.435. The van der Waals surface area contributed by atoms with Crippen molar-refractivity contribution in [3.8, 4) is 5.75 Å². The molecule has 0 unspecified atom stereocenters. The Bertz CT molecular complexity index is 1020. The molecular formula is C22H27ClN2O4S. The van der Waals surface area contributed by atoms with Crippen LogP contribution in [0.5, 0.6) is 5.75 Å². The minimum Gasteiger partial charge on any atom is -0.496 e. The fourth-order valence-electron chi connectivity index (χ4n) is 3.60. The highest BCUT2D eigenvalue weighted by Gasteiger charge is 2.28.